The normalized spacial score (nSPS) is 13.9. The fourth-order valence-electron chi connectivity index (χ4n) is 2.12. The van der Waals surface area contributed by atoms with Gasteiger partial charge in [-0.15, -0.1) is 0 Å². The minimum Gasteiger partial charge on any atom is -0.354 e. The van der Waals surface area contributed by atoms with Crippen LogP contribution < -0.4 is 10.2 Å². The third kappa shape index (κ3) is 3.51. The number of halogens is 1. The average Bonchev–Trinajstić information content (AvgIpc) is 3.22. The molecule has 1 saturated carbocycles. The molecule has 4 nitrogen and oxygen atoms in total. The predicted molar refractivity (Wildman–Crippen MR) is 79.9 cm³/mol. The highest BCUT2D eigenvalue weighted by Crippen LogP contribution is 2.29. The van der Waals surface area contributed by atoms with Crippen molar-refractivity contribution < 1.29 is 9.59 Å². The fourth-order valence-corrected chi connectivity index (χ4v) is 2.29. The van der Waals surface area contributed by atoms with E-state index in [2.05, 4.69) is 5.32 Å². The molecule has 0 atom stereocenters. The first kappa shape index (κ1) is 14.9. The van der Waals surface area contributed by atoms with E-state index in [4.69, 9.17) is 11.6 Å². The smallest absolute Gasteiger partial charge is 0.223 e. The lowest BCUT2D eigenvalue weighted by Crippen LogP contribution is -2.38. The third-order valence-corrected chi connectivity index (χ3v) is 3.90. The first-order valence-electron chi connectivity index (χ1n) is 6.81. The average molecular weight is 295 g/mol. The van der Waals surface area contributed by atoms with Gasteiger partial charge in [0.1, 0.15) is 0 Å². The second kappa shape index (κ2) is 6.27. The van der Waals surface area contributed by atoms with Gasteiger partial charge in [-0.3, -0.25) is 9.59 Å². The van der Waals surface area contributed by atoms with Crippen molar-refractivity contribution >= 4 is 29.1 Å². The minimum absolute atomic E-state index is 0.0592. The second-order valence-electron chi connectivity index (χ2n) is 5.12. The maximum absolute atomic E-state index is 11.8. The molecular weight excluding hydrogens is 276 g/mol. The van der Waals surface area contributed by atoms with Gasteiger partial charge in [-0.1, -0.05) is 17.7 Å². The molecule has 0 heterocycles. The number of hydrogen-bond donors (Lipinski definition) is 1. The van der Waals surface area contributed by atoms with Crippen LogP contribution >= 0.6 is 11.6 Å². The monoisotopic (exact) mass is 294 g/mol. The van der Waals surface area contributed by atoms with Gasteiger partial charge in [-0.25, -0.2) is 0 Å². The Balaban J connectivity index is 2.01. The Kier molecular flexibility index (Phi) is 4.65. The van der Waals surface area contributed by atoms with Crippen LogP contribution in [-0.2, 0) is 9.59 Å². The van der Waals surface area contributed by atoms with E-state index >= 15 is 0 Å². The predicted octanol–water partition coefficient (Wildman–Crippen LogP) is 2.53. The van der Waals surface area contributed by atoms with Gasteiger partial charge in [0, 0.05) is 36.6 Å². The van der Waals surface area contributed by atoms with Crippen molar-refractivity contribution in [2.24, 2.45) is 5.92 Å². The molecule has 1 aromatic rings. The van der Waals surface area contributed by atoms with Crippen molar-refractivity contribution in [2.45, 2.75) is 26.7 Å². The van der Waals surface area contributed by atoms with Crippen molar-refractivity contribution in [1.82, 2.24) is 5.32 Å². The summed E-state index contributed by atoms with van der Waals surface area (Å²) in [5.74, 6) is 0.223. The van der Waals surface area contributed by atoms with Crippen molar-refractivity contribution in [3.8, 4) is 0 Å². The van der Waals surface area contributed by atoms with Crippen molar-refractivity contribution in [2.75, 3.05) is 18.0 Å². The number of benzene rings is 1. The number of carbonyl (C=O) groups is 2. The maximum atomic E-state index is 11.8. The standard InChI is InChI=1S/C15H19ClN2O2/c1-10-13(16)4-3-5-14(10)18(11(2)19)9-8-17-15(20)12-6-7-12/h3-5,12H,6-9H2,1-2H3,(H,17,20). The number of amides is 2. The van der Waals surface area contributed by atoms with Crippen LogP contribution in [0, 0.1) is 12.8 Å². The summed E-state index contributed by atoms with van der Waals surface area (Å²) in [6, 6.07) is 5.49. The summed E-state index contributed by atoms with van der Waals surface area (Å²) in [4.78, 5) is 25.0. The van der Waals surface area contributed by atoms with Crippen LogP contribution in [0.1, 0.15) is 25.3 Å². The molecule has 0 bridgehead atoms. The number of nitrogens with zero attached hydrogens (tertiary/aromatic N) is 1. The van der Waals surface area contributed by atoms with Crippen molar-refractivity contribution in [3.63, 3.8) is 0 Å². The highest BCUT2D eigenvalue weighted by molar-refractivity contribution is 6.31. The van der Waals surface area contributed by atoms with Crippen molar-refractivity contribution in [1.29, 1.82) is 0 Å². The van der Waals surface area contributed by atoms with Crippen LogP contribution in [0.4, 0.5) is 5.69 Å². The fraction of sp³-hybridized carbons (Fsp3) is 0.467. The quantitative estimate of drug-likeness (QED) is 0.907. The summed E-state index contributed by atoms with van der Waals surface area (Å²) in [6.07, 6.45) is 1.96. The van der Waals surface area contributed by atoms with E-state index in [1.807, 2.05) is 19.1 Å². The molecule has 1 fully saturated rings. The van der Waals surface area contributed by atoms with Gasteiger partial charge in [0.05, 0.1) is 0 Å². The Morgan fingerprint density at radius 2 is 2.10 bits per heavy atom. The molecule has 2 amide bonds. The molecule has 0 radical (unpaired) electrons. The number of carbonyl (C=O) groups excluding carboxylic acids is 2. The van der Waals surface area contributed by atoms with Gasteiger partial charge >= 0.3 is 0 Å². The largest absolute Gasteiger partial charge is 0.354 e. The lowest BCUT2D eigenvalue weighted by molar-refractivity contribution is -0.122. The molecule has 1 aliphatic rings. The molecule has 20 heavy (non-hydrogen) atoms. The molecular formula is C15H19ClN2O2. The van der Waals surface area contributed by atoms with Crippen LogP contribution in [0.25, 0.3) is 0 Å². The summed E-state index contributed by atoms with van der Waals surface area (Å²) >= 11 is 6.09. The van der Waals surface area contributed by atoms with E-state index in [9.17, 15) is 9.59 Å². The Morgan fingerprint density at radius 3 is 2.70 bits per heavy atom. The first-order valence-corrected chi connectivity index (χ1v) is 7.19. The summed E-state index contributed by atoms with van der Waals surface area (Å²) in [7, 11) is 0. The van der Waals surface area contributed by atoms with E-state index in [1.54, 1.807) is 11.0 Å². The zero-order valence-electron chi connectivity index (χ0n) is 11.8. The molecule has 0 unspecified atom stereocenters. The highest BCUT2D eigenvalue weighted by Gasteiger charge is 2.29. The number of rotatable bonds is 5. The van der Waals surface area contributed by atoms with Crippen LogP contribution in [-0.4, -0.2) is 24.9 Å². The number of anilines is 1. The van der Waals surface area contributed by atoms with Gasteiger partial charge in [0.2, 0.25) is 11.8 Å². The van der Waals surface area contributed by atoms with Gasteiger partial charge in [0.25, 0.3) is 0 Å². The zero-order chi connectivity index (χ0) is 14.7. The summed E-state index contributed by atoms with van der Waals surface area (Å²) in [6.45, 7) is 4.31. The topological polar surface area (TPSA) is 49.4 Å². The number of hydrogen-bond acceptors (Lipinski definition) is 2. The van der Waals surface area contributed by atoms with Crippen molar-refractivity contribution in [3.05, 3.63) is 28.8 Å². The van der Waals surface area contributed by atoms with E-state index in [1.165, 1.54) is 6.92 Å². The third-order valence-electron chi connectivity index (χ3n) is 3.49. The molecule has 1 aromatic carbocycles. The summed E-state index contributed by atoms with van der Waals surface area (Å²) in [5, 5.41) is 3.50. The molecule has 0 saturated heterocycles. The Hall–Kier alpha value is -1.55. The SMILES string of the molecule is CC(=O)N(CCNC(=O)C1CC1)c1cccc(Cl)c1C. The Labute approximate surface area is 124 Å². The molecule has 2 rings (SSSR count). The van der Waals surface area contributed by atoms with E-state index in [-0.39, 0.29) is 17.7 Å². The maximum Gasteiger partial charge on any atom is 0.223 e. The summed E-state index contributed by atoms with van der Waals surface area (Å²) < 4.78 is 0. The lowest BCUT2D eigenvalue weighted by atomic mass is 10.1. The number of nitrogens with one attached hydrogen (secondary N) is 1. The molecule has 0 aliphatic heterocycles. The molecule has 0 spiro atoms. The van der Waals surface area contributed by atoms with Crippen LogP contribution in [0.5, 0.6) is 0 Å². The second-order valence-corrected chi connectivity index (χ2v) is 5.53. The van der Waals surface area contributed by atoms with E-state index in [0.717, 1.165) is 24.1 Å². The minimum atomic E-state index is -0.0592. The van der Waals surface area contributed by atoms with Gasteiger partial charge < -0.3 is 10.2 Å². The zero-order valence-corrected chi connectivity index (χ0v) is 12.5. The molecule has 0 aromatic heterocycles. The molecule has 1 aliphatic carbocycles. The van der Waals surface area contributed by atoms with Gasteiger partial charge in [0.15, 0.2) is 0 Å². The van der Waals surface area contributed by atoms with Crippen LogP contribution in [0.2, 0.25) is 5.02 Å². The van der Waals surface area contributed by atoms with E-state index in [0.29, 0.717) is 18.1 Å². The van der Waals surface area contributed by atoms with Gasteiger partial charge in [-0.2, -0.15) is 0 Å². The molecule has 5 heteroatoms. The van der Waals surface area contributed by atoms with Crippen LogP contribution in [0.15, 0.2) is 18.2 Å². The van der Waals surface area contributed by atoms with E-state index < -0.39 is 0 Å². The summed E-state index contributed by atoms with van der Waals surface area (Å²) in [5.41, 5.74) is 1.67. The lowest BCUT2D eigenvalue weighted by Gasteiger charge is -2.23. The highest BCUT2D eigenvalue weighted by atomic mass is 35.5. The Morgan fingerprint density at radius 1 is 1.40 bits per heavy atom. The van der Waals surface area contributed by atoms with Crippen LogP contribution in [0.3, 0.4) is 0 Å². The Bertz CT molecular complexity index is 527. The molecule has 1 N–H and O–H groups in total. The van der Waals surface area contributed by atoms with Gasteiger partial charge in [-0.05, 0) is 37.5 Å². The first-order chi connectivity index (χ1) is 9.50. The molecule has 108 valence electrons.